The molecule has 0 aromatic heterocycles. The maximum Gasteiger partial charge on any atom is 0.490 e. The Labute approximate surface area is 536 Å². The minimum absolute atomic E-state index is 0.0435. The Morgan fingerprint density at radius 3 is 1.79 bits per heavy atom. The number of nitrogens with two attached hydrogens (primary N) is 3. The Bertz CT molecular complexity index is 4100. The summed E-state index contributed by atoms with van der Waals surface area (Å²) in [5, 5.41) is 104. The number of ether oxygens (including phenoxy) is 2. The van der Waals surface area contributed by atoms with E-state index in [0.29, 0.717) is 11.3 Å². The molecule has 5 heterocycles. The van der Waals surface area contributed by atoms with Crippen molar-refractivity contribution in [2.75, 3.05) is 7.05 Å². The minimum Gasteiger partial charge on any atom is -0.508 e. The number of aliphatic imine (C=N–C) groups is 1. The van der Waals surface area contributed by atoms with Gasteiger partial charge in [-0.15, -0.1) is 0 Å². The zero-order chi connectivity index (χ0) is 68.9. The van der Waals surface area contributed by atoms with Gasteiger partial charge in [-0.05, 0) is 108 Å². The molecule has 35 heteroatoms. The molecule has 11 rings (SSSR count). The lowest BCUT2D eigenvalue weighted by Gasteiger charge is -2.31. The molecule has 0 fully saturated rings. The molecule has 0 unspecified atom stereocenters. The molecule has 0 radical (unpaired) electrons. The van der Waals surface area contributed by atoms with E-state index >= 15 is 9.59 Å². The van der Waals surface area contributed by atoms with Crippen molar-refractivity contribution in [2.45, 2.75) is 73.5 Å². The first-order valence-corrected chi connectivity index (χ1v) is 28.0. The second kappa shape index (κ2) is 28.2. The monoisotopic (exact) mass is 1350 g/mol. The lowest BCUT2D eigenvalue weighted by Crippen LogP contribution is -2.59. The number of likely N-dealkylation sites (N-methyl/N-ethyl adjacent to an activating group) is 1. The standard InChI is InChI=1S/C57H53Cl2N11O17.C2HF3O2/c1-63-32(12-21-3-2-4-26(11-21)64-57(61)62)50(78)69-45-47(75)23-6-9-36(30(58)14-23)86-38-16-25-17-39(49(38)77)87-37-10-7-24(15-31(37)59)48(76)46-55(83)68-44(56(84)85)29-18-27(71)19-35(73)41(29)28-13-22(5-8-34(28)72)42(52(80)70-46)67-53(81)43(25)66-51(79)33(20-40(60)74)65-54(45)82;3-2(4,5)1(6)7/h2-11,13-19,32-33,42-48,63,71-73,75-77H,12,20H2,1H3,(H2,60,74)(H,65,82)(H,66,79)(H,67,81)(H,68,83)(H,69,78)(H,70,80)(H,84,85)(H4,61,62,64);(H,6,7)/t32-,33+,42-,43-,44+,45-,46+,47-,48-;/m1./s1. The summed E-state index contributed by atoms with van der Waals surface area (Å²) >= 11 is 13.6. The highest BCUT2D eigenvalue weighted by Crippen LogP contribution is 2.48. The SMILES string of the molecule is CN[C@H](Cc1cccc(N=C(N)N)c1)C(=O)N[C@H]1C(=O)N[C@@H](CC(N)=O)C(=O)N[C@H]2C(=O)N[C@H]3C(=O)N[C@H](C(=O)N[C@H](C(=O)O)c4cc(O)cc(O)c4-c4cc3ccc4O)[C@H](O)c3ccc(c(Cl)c3)Oc3cc2cc(c3O)Oc2ccc(cc2Cl)[C@H]1O.O=C(O)C(F)(F)F. The van der Waals surface area contributed by atoms with Crippen LogP contribution >= 0.6 is 23.2 Å². The Kier molecular flexibility index (Phi) is 20.6. The van der Waals surface area contributed by atoms with E-state index in [0.717, 1.165) is 60.7 Å². The van der Waals surface area contributed by atoms with E-state index in [2.05, 4.69) is 42.2 Å². The van der Waals surface area contributed by atoms with Crippen LogP contribution in [0.2, 0.25) is 10.0 Å². The maximum atomic E-state index is 15.5. The van der Waals surface area contributed by atoms with Crippen molar-refractivity contribution in [1.82, 2.24) is 37.2 Å². The number of benzene rings is 6. The average molecular weight is 1350 g/mol. The zero-order valence-corrected chi connectivity index (χ0v) is 49.6. The Morgan fingerprint density at radius 2 is 1.22 bits per heavy atom. The summed E-state index contributed by atoms with van der Waals surface area (Å²) in [5.74, 6) is -18.4. The smallest absolute Gasteiger partial charge is 0.490 e. The number of amides is 7. The van der Waals surface area contributed by atoms with Gasteiger partial charge in [0.25, 0.3) is 0 Å². The number of carboxylic acids is 2. The van der Waals surface area contributed by atoms with Crippen molar-refractivity contribution in [3.63, 3.8) is 0 Å². The van der Waals surface area contributed by atoms with Crippen LogP contribution in [-0.4, -0.2) is 137 Å². The number of phenolic OH excluding ortho intramolecular Hbond substituents is 4. The molecule has 94 heavy (non-hydrogen) atoms. The number of guanidine groups is 1. The second-order valence-electron chi connectivity index (χ2n) is 21.0. The summed E-state index contributed by atoms with van der Waals surface area (Å²) < 4.78 is 44.0. The summed E-state index contributed by atoms with van der Waals surface area (Å²) in [5.41, 5.74) is 15.2. The van der Waals surface area contributed by atoms with E-state index in [1.165, 1.54) is 25.2 Å². The lowest BCUT2D eigenvalue weighted by atomic mass is 9.89. The number of hydrogen-bond donors (Lipinski definition) is 18. The summed E-state index contributed by atoms with van der Waals surface area (Å²) in [7, 11) is 1.44. The molecule has 494 valence electrons. The number of rotatable bonds is 9. The summed E-state index contributed by atoms with van der Waals surface area (Å²) in [6.07, 6.45) is -10.3. The van der Waals surface area contributed by atoms with Crippen molar-refractivity contribution in [3.05, 3.63) is 147 Å². The number of nitrogens with one attached hydrogen (secondary N) is 7. The minimum atomic E-state index is -5.08. The number of aliphatic carboxylic acids is 2. The number of carboxylic acid groups (broad SMARTS) is 2. The maximum absolute atomic E-state index is 15.5. The fraction of sp³-hybridized carbons (Fsp3) is 0.220. The van der Waals surface area contributed by atoms with E-state index in [9.17, 15) is 77.7 Å². The zero-order valence-electron chi connectivity index (χ0n) is 48.1. The molecule has 5 aliphatic heterocycles. The number of aromatic hydroxyl groups is 4. The molecular formula is C59H54Cl2F3N11O19. The van der Waals surface area contributed by atoms with Crippen molar-refractivity contribution >= 4 is 88.1 Å². The number of nitrogens with zero attached hydrogens (tertiary/aromatic N) is 1. The molecule has 0 saturated carbocycles. The summed E-state index contributed by atoms with van der Waals surface area (Å²) in [6.45, 7) is 0. The molecule has 9 atom stereocenters. The topological polar surface area (TPSA) is 509 Å². The number of aliphatic hydroxyl groups is 2. The largest absolute Gasteiger partial charge is 0.508 e. The molecule has 6 aromatic rings. The van der Waals surface area contributed by atoms with Gasteiger partial charge in [-0.25, -0.2) is 14.6 Å². The van der Waals surface area contributed by atoms with Crippen LogP contribution in [0, 0.1) is 0 Å². The molecule has 0 aliphatic carbocycles. The van der Waals surface area contributed by atoms with Gasteiger partial charge >= 0.3 is 18.1 Å². The molecule has 0 spiro atoms. The van der Waals surface area contributed by atoms with Crippen LogP contribution in [0.3, 0.4) is 0 Å². The quantitative estimate of drug-likeness (QED) is 0.0728. The summed E-state index contributed by atoms with van der Waals surface area (Å²) in [6, 6.07) is 6.40. The third-order valence-corrected chi connectivity index (χ3v) is 15.1. The third-order valence-electron chi connectivity index (χ3n) is 14.5. The van der Waals surface area contributed by atoms with Crippen molar-refractivity contribution < 1.29 is 107 Å². The van der Waals surface area contributed by atoms with Crippen LogP contribution in [-0.2, 0) is 49.6 Å². The van der Waals surface area contributed by atoms with Crippen LogP contribution < -0.4 is 63.9 Å². The van der Waals surface area contributed by atoms with Crippen molar-refractivity contribution in [3.8, 4) is 57.1 Å². The number of hydrogen-bond acceptors (Lipinski definition) is 19. The number of aliphatic hydroxyl groups excluding tert-OH is 2. The van der Waals surface area contributed by atoms with Crippen LogP contribution in [0.15, 0.2) is 108 Å². The molecule has 6 aromatic carbocycles. The van der Waals surface area contributed by atoms with Gasteiger partial charge in [-0.3, -0.25) is 33.6 Å². The van der Waals surface area contributed by atoms with E-state index in [1.54, 1.807) is 24.3 Å². The molecule has 21 N–H and O–H groups in total. The van der Waals surface area contributed by atoms with Crippen LogP contribution in [0.5, 0.6) is 46.0 Å². The fourth-order valence-corrected chi connectivity index (χ4v) is 10.4. The highest BCUT2D eigenvalue weighted by molar-refractivity contribution is 6.32. The number of fused-ring (bicyclic) bond motifs is 15. The Morgan fingerprint density at radius 1 is 0.649 bits per heavy atom. The average Bonchev–Trinajstić information content (AvgIpc) is 0.774. The highest BCUT2D eigenvalue weighted by atomic mass is 35.5. The Balaban J connectivity index is 0.00000153. The van der Waals surface area contributed by atoms with Gasteiger partial charge in [-0.1, -0.05) is 53.5 Å². The predicted octanol–water partition coefficient (Wildman–Crippen LogP) is 2.13. The third kappa shape index (κ3) is 15.6. The van der Waals surface area contributed by atoms with Gasteiger partial charge in [0.15, 0.2) is 23.5 Å². The first kappa shape index (κ1) is 68.8. The molecule has 7 amide bonds. The first-order valence-electron chi connectivity index (χ1n) is 27.3. The van der Waals surface area contributed by atoms with Gasteiger partial charge < -0.3 is 105 Å². The molecule has 0 saturated heterocycles. The number of alkyl halides is 3. The second-order valence-corrected chi connectivity index (χ2v) is 21.8. The normalized spacial score (nSPS) is 20.6. The Hall–Kier alpha value is -11.1. The number of carbonyl (C=O) groups excluding carboxylic acids is 7. The molecular weight excluding hydrogens is 1290 g/mol. The van der Waals surface area contributed by atoms with Crippen LogP contribution in [0.1, 0.15) is 70.1 Å². The molecule has 30 nitrogen and oxygen atoms in total. The lowest BCUT2D eigenvalue weighted by molar-refractivity contribution is -0.192. The number of phenols is 4. The van der Waals surface area contributed by atoms with Gasteiger partial charge in [0.2, 0.25) is 47.1 Å². The van der Waals surface area contributed by atoms with Crippen molar-refractivity contribution in [1.29, 1.82) is 0 Å². The van der Waals surface area contributed by atoms with E-state index in [-0.39, 0.29) is 56.2 Å². The van der Waals surface area contributed by atoms with Gasteiger partial charge in [0.05, 0.1) is 28.2 Å². The van der Waals surface area contributed by atoms with Crippen LogP contribution in [0.25, 0.3) is 11.1 Å². The number of carbonyl (C=O) groups is 9. The summed E-state index contributed by atoms with van der Waals surface area (Å²) in [4.78, 5) is 128. The fourth-order valence-electron chi connectivity index (χ4n) is 9.98. The van der Waals surface area contributed by atoms with E-state index in [1.807, 2.05) is 0 Å². The van der Waals surface area contributed by atoms with E-state index < -0.39 is 172 Å². The predicted molar refractivity (Wildman–Crippen MR) is 320 cm³/mol. The van der Waals surface area contributed by atoms with Gasteiger partial charge in [0.1, 0.15) is 71.2 Å². The highest BCUT2D eigenvalue weighted by Gasteiger charge is 2.42. The van der Waals surface area contributed by atoms with Gasteiger partial charge in [-0.2, -0.15) is 13.2 Å². The van der Waals surface area contributed by atoms with Crippen LogP contribution in [0.4, 0.5) is 18.9 Å². The molecule has 11 bridgehead atoms. The molecule has 5 aliphatic rings. The number of halogens is 5. The number of primary amides is 1. The first-order chi connectivity index (χ1) is 44.2. The van der Waals surface area contributed by atoms with E-state index in [4.69, 9.17) is 59.8 Å². The van der Waals surface area contributed by atoms with Gasteiger partial charge in [0, 0.05) is 22.8 Å². The van der Waals surface area contributed by atoms with Crippen molar-refractivity contribution in [2.24, 2.45) is 22.2 Å².